The number of aromatic nitrogens is 2. The van der Waals surface area contributed by atoms with E-state index in [2.05, 4.69) is 39.6 Å². The third kappa shape index (κ3) is 8.62. The zero-order valence-corrected chi connectivity index (χ0v) is 28.2. The van der Waals surface area contributed by atoms with Crippen molar-refractivity contribution in [2.45, 2.75) is 118 Å². The lowest BCUT2D eigenvalue weighted by Gasteiger charge is -2.41. The van der Waals surface area contributed by atoms with Crippen LogP contribution >= 0.6 is 11.3 Å². The van der Waals surface area contributed by atoms with Crippen molar-refractivity contribution in [3.8, 4) is 0 Å². The van der Waals surface area contributed by atoms with Crippen molar-refractivity contribution in [3.63, 3.8) is 0 Å². The van der Waals surface area contributed by atoms with Gasteiger partial charge in [0.25, 0.3) is 0 Å². The number of amides is 4. The van der Waals surface area contributed by atoms with Gasteiger partial charge in [-0.3, -0.25) is 29.4 Å². The van der Waals surface area contributed by atoms with Crippen molar-refractivity contribution in [3.05, 3.63) is 17.2 Å². The van der Waals surface area contributed by atoms with E-state index in [1.807, 2.05) is 40.7 Å². The lowest BCUT2D eigenvalue weighted by Crippen LogP contribution is -2.60. The van der Waals surface area contributed by atoms with Gasteiger partial charge in [-0.1, -0.05) is 58.5 Å². The molecule has 0 bridgehead atoms. The number of piperidine rings is 1. The van der Waals surface area contributed by atoms with E-state index >= 15 is 0 Å². The molecule has 0 unspecified atom stereocenters. The highest BCUT2D eigenvalue weighted by atomic mass is 32.1. The Labute approximate surface area is 260 Å². The highest BCUT2D eigenvalue weighted by Crippen LogP contribution is 2.27. The van der Waals surface area contributed by atoms with E-state index in [0.717, 1.165) is 32.2 Å². The summed E-state index contributed by atoms with van der Waals surface area (Å²) < 4.78 is 0. The van der Waals surface area contributed by atoms with E-state index in [9.17, 15) is 19.2 Å². The Morgan fingerprint density at radius 3 is 2.28 bits per heavy atom. The second kappa shape index (κ2) is 14.7. The summed E-state index contributed by atoms with van der Waals surface area (Å²) in [7, 11) is 1.74. The zero-order chi connectivity index (χ0) is 32.1. The molecular formula is C31H51N7O4S. The molecule has 2 N–H and O–H groups in total. The van der Waals surface area contributed by atoms with Crippen molar-refractivity contribution < 1.29 is 19.2 Å². The second-order valence-corrected chi connectivity index (χ2v) is 14.4. The number of likely N-dealkylation sites (N-methyl/N-ethyl adjacent to an activating group) is 1. The Kier molecular flexibility index (Phi) is 11.9. The summed E-state index contributed by atoms with van der Waals surface area (Å²) in [6, 6.07) is -1.74. The maximum atomic E-state index is 14.1. The number of rotatable bonds is 10. The van der Waals surface area contributed by atoms with Gasteiger partial charge in [0.1, 0.15) is 17.6 Å². The minimum atomic E-state index is -0.737. The first-order valence-corrected chi connectivity index (χ1v) is 16.4. The van der Waals surface area contributed by atoms with Crippen molar-refractivity contribution in [1.82, 2.24) is 30.2 Å². The largest absolute Gasteiger partial charge is 0.342 e. The predicted octanol–water partition coefficient (Wildman–Crippen LogP) is 3.69. The van der Waals surface area contributed by atoms with Crippen LogP contribution in [0.15, 0.2) is 17.2 Å². The summed E-state index contributed by atoms with van der Waals surface area (Å²) in [6.45, 7) is 17.2. The Balaban J connectivity index is 1.77. The number of carbonyl (C=O) groups is 4. The van der Waals surface area contributed by atoms with Gasteiger partial charge in [-0.2, -0.15) is 0 Å². The van der Waals surface area contributed by atoms with Crippen LogP contribution in [0.5, 0.6) is 0 Å². The van der Waals surface area contributed by atoms with E-state index in [1.165, 1.54) is 16.8 Å². The summed E-state index contributed by atoms with van der Waals surface area (Å²) in [5, 5.41) is 13.9. The van der Waals surface area contributed by atoms with Crippen LogP contribution in [0.1, 0.15) is 87.5 Å². The number of hydrogen-bond acceptors (Lipinski definition) is 8. The molecule has 3 rings (SSSR count). The SMILES string of the molecule is C/C(=C\[C@H](C(C)C)N(C)C(=O)[C@@H](NC(=O)[C@H]1CCCCN1C(C)C)C(C)(C)C)C(=O)N1CCC[C@H]1C(=O)Nc1nncs1. The van der Waals surface area contributed by atoms with Crippen molar-refractivity contribution >= 4 is 40.1 Å². The van der Waals surface area contributed by atoms with Gasteiger partial charge in [0.2, 0.25) is 28.8 Å². The normalized spacial score (nSPS) is 21.6. The van der Waals surface area contributed by atoms with Crippen LogP contribution in [0.3, 0.4) is 0 Å². The molecule has 11 nitrogen and oxygen atoms in total. The fraction of sp³-hybridized carbons (Fsp3) is 0.742. The Hall–Kier alpha value is -2.86. The molecule has 1 aromatic heterocycles. The number of likely N-dealkylation sites (tertiary alicyclic amines) is 2. The summed E-state index contributed by atoms with van der Waals surface area (Å²) in [6.07, 6.45) is 5.95. The van der Waals surface area contributed by atoms with Crippen LogP contribution in [0.2, 0.25) is 0 Å². The molecule has 2 aliphatic rings. The van der Waals surface area contributed by atoms with E-state index in [0.29, 0.717) is 23.7 Å². The third-order valence-electron chi connectivity index (χ3n) is 8.55. The third-order valence-corrected chi connectivity index (χ3v) is 9.16. The number of nitrogens with zero attached hydrogens (tertiary/aromatic N) is 5. The van der Waals surface area contributed by atoms with Crippen LogP contribution in [0, 0.1) is 11.3 Å². The fourth-order valence-electron chi connectivity index (χ4n) is 6.10. The predicted molar refractivity (Wildman–Crippen MR) is 169 cm³/mol. The highest BCUT2D eigenvalue weighted by Gasteiger charge is 2.40. The molecular weight excluding hydrogens is 566 g/mol. The van der Waals surface area contributed by atoms with Gasteiger partial charge in [-0.15, -0.1) is 10.2 Å². The first kappa shape index (κ1) is 34.6. The summed E-state index contributed by atoms with van der Waals surface area (Å²) in [4.78, 5) is 59.7. The minimum absolute atomic E-state index is 0.00197. The number of anilines is 1. The Morgan fingerprint density at radius 2 is 1.70 bits per heavy atom. The van der Waals surface area contributed by atoms with Crippen LogP contribution < -0.4 is 10.6 Å². The molecule has 1 aromatic rings. The fourth-order valence-corrected chi connectivity index (χ4v) is 6.54. The van der Waals surface area contributed by atoms with Crippen LogP contribution in [-0.2, 0) is 19.2 Å². The van der Waals surface area contributed by atoms with Crippen LogP contribution in [0.4, 0.5) is 5.13 Å². The molecule has 0 aliphatic carbocycles. The quantitative estimate of drug-likeness (QED) is 0.384. The topological polar surface area (TPSA) is 128 Å². The molecule has 2 aliphatic heterocycles. The molecule has 4 amide bonds. The van der Waals surface area contributed by atoms with Gasteiger partial charge in [0.05, 0.1) is 12.1 Å². The number of nitrogens with one attached hydrogen (secondary N) is 2. The second-order valence-electron chi connectivity index (χ2n) is 13.6. The molecule has 3 heterocycles. The molecule has 0 spiro atoms. The van der Waals surface area contributed by atoms with Crippen molar-refractivity contribution in [2.75, 3.05) is 25.5 Å². The molecule has 0 radical (unpaired) electrons. The minimum Gasteiger partial charge on any atom is -0.342 e. The smallest absolute Gasteiger partial charge is 0.249 e. The monoisotopic (exact) mass is 617 g/mol. The van der Waals surface area contributed by atoms with Crippen molar-refractivity contribution in [1.29, 1.82) is 0 Å². The lowest BCUT2D eigenvalue weighted by molar-refractivity contribution is -0.142. The average Bonchev–Trinajstić information content (AvgIpc) is 3.65. The van der Waals surface area contributed by atoms with E-state index in [1.54, 1.807) is 23.8 Å². The van der Waals surface area contributed by atoms with Gasteiger partial charge in [-0.05, 0) is 64.3 Å². The van der Waals surface area contributed by atoms with Crippen LogP contribution in [0.25, 0.3) is 0 Å². The Morgan fingerprint density at radius 1 is 1.02 bits per heavy atom. The average molecular weight is 618 g/mol. The van der Waals surface area contributed by atoms with E-state index in [-0.39, 0.29) is 41.6 Å². The van der Waals surface area contributed by atoms with Gasteiger partial charge in [0.15, 0.2) is 0 Å². The van der Waals surface area contributed by atoms with E-state index in [4.69, 9.17) is 0 Å². The molecule has 0 aromatic carbocycles. The summed E-state index contributed by atoms with van der Waals surface area (Å²) in [5.41, 5.74) is 1.48. The summed E-state index contributed by atoms with van der Waals surface area (Å²) >= 11 is 1.23. The first-order valence-electron chi connectivity index (χ1n) is 15.5. The molecule has 43 heavy (non-hydrogen) atoms. The maximum Gasteiger partial charge on any atom is 0.249 e. The van der Waals surface area contributed by atoms with Gasteiger partial charge in [0, 0.05) is 25.2 Å². The van der Waals surface area contributed by atoms with Gasteiger partial charge in [-0.25, -0.2) is 0 Å². The number of carbonyl (C=O) groups excluding carboxylic acids is 4. The zero-order valence-electron chi connectivity index (χ0n) is 27.3. The first-order chi connectivity index (χ1) is 20.1. The molecule has 0 saturated carbocycles. The number of hydrogen-bond donors (Lipinski definition) is 2. The molecule has 2 fully saturated rings. The van der Waals surface area contributed by atoms with Crippen molar-refractivity contribution in [2.24, 2.45) is 11.3 Å². The summed E-state index contributed by atoms with van der Waals surface area (Å²) in [5.74, 6) is -0.810. The molecule has 4 atom stereocenters. The lowest BCUT2D eigenvalue weighted by atomic mass is 9.84. The van der Waals surface area contributed by atoms with Gasteiger partial charge < -0.3 is 15.1 Å². The molecule has 12 heteroatoms. The molecule has 240 valence electrons. The molecule has 2 saturated heterocycles. The Bertz CT molecular complexity index is 1160. The highest BCUT2D eigenvalue weighted by molar-refractivity contribution is 7.13. The van der Waals surface area contributed by atoms with Gasteiger partial charge >= 0.3 is 0 Å². The van der Waals surface area contributed by atoms with E-state index < -0.39 is 23.5 Å². The maximum absolute atomic E-state index is 14.1. The van der Waals surface area contributed by atoms with Crippen LogP contribution in [-0.4, -0.2) is 98.9 Å². The standard InChI is InChI=1S/C31H51N7O4S/c1-19(2)24(17-21(5)28(41)38-16-12-14-23(38)27(40)34-30-35-32-18-43-30)36(9)29(42)25(31(6,7)8)33-26(39)22-13-10-11-15-37(22)20(3)4/h17-20,22-25H,10-16H2,1-9H3,(H,33,39)(H,34,35,40)/b21-17+/t22-,23+,24-,25-/m1/s1.